The molecular weight excluding hydrogens is 476 g/mol. The Morgan fingerprint density at radius 1 is 1.13 bits per heavy atom. The Kier molecular flexibility index (Phi) is 5.80. The zero-order valence-corrected chi connectivity index (χ0v) is 23.1. The maximum atomic E-state index is 13.3. The van der Waals surface area contributed by atoms with E-state index in [1.54, 1.807) is 19.1 Å². The monoisotopic (exact) mass is 510 g/mol. The van der Waals surface area contributed by atoms with Gasteiger partial charge in [-0.25, -0.2) is 4.79 Å². The number of nitrogens with zero attached hydrogens (tertiary/aromatic N) is 1. The number of ether oxygens (including phenoxy) is 1. The van der Waals surface area contributed by atoms with Gasteiger partial charge in [-0.3, -0.25) is 9.69 Å². The molecule has 38 heavy (non-hydrogen) atoms. The van der Waals surface area contributed by atoms with Gasteiger partial charge in [0, 0.05) is 46.1 Å². The summed E-state index contributed by atoms with van der Waals surface area (Å²) in [6.07, 6.45) is 3.61. The molecule has 0 radical (unpaired) electrons. The molecule has 5 rings (SSSR count). The van der Waals surface area contributed by atoms with Crippen LogP contribution in [0.1, 0.15) is 45.7 Å². The molecule has 0 amide bonds. The van der Waals surface area contributed by atoms with Gasteiger partial charge in [-0.05, 0) is 62.8 Å². The standard InChI is InChI=1S/C32H34N2O4/c1-18(2)30(37)38-19-13-14-25-23(15-19)32(5,6)27(34(25)8)17-21-28(35)20(29(21)36)16-26-31(3,4)22-11-9-10-12-24(22)33(26)7/h9-17,26,35H,1H2,2-8H3. The Hall–Kier alpha value is -3.90. The summed E-state index contributed by atoms with van der Waals surface area (Å²) in [6.45, 7) is 13.6. The highest BCUT2D eigenvalue weighted by Crippen LogP contribution is 2.49. The fourth-order valence-corrected chi connectivity index (χ4v) is 6.15. The van der Waals surface area contributed by atoms with Crippen molar-refractivity contribution in [2.45, 2.75) is 51.5 Å². The number of esters is 1. The number of quaternary nitrogens is 1. The van der Waals surface area contributed by atoms with Crippen LogP contribution < -0.4 is 19.6 Å². The molecule has 3 aliphatic rings. The van der Waals surface area contributed by atoms with Crippen molar-refractivity contribution in [3.8, 4) is 5.75 Å². The van der Waals surface area contributed by atoms with E-state index in [0.29, 0.717) is 11.3 Å². The molecule has 0 saturated carbocycles. The topological polar surface area (TPSA) is 74.1 Å². The molecule has 0 aromatic heterocycles. The van der Waals surface area contributed by atoms with Crippen molar-refractivity contribution in [2.24, 2.45) is 0 Å². The van der Waals surface area contributed by atoms with Crippen LogP contribution in [0.3, 0.4) is 0 Å². The van der Waals surface area contributed by atoms with Gasteiger partial charge in [-0.15, -0.1) is 0 Å². The van der Waals surface area contributed by atoms with Crippen LogP contribution in [0.2, 0.25) is 0 Å². The number of hydrogen-bond donors (Lipinski definition) is 1. The van der Waals surface area contributed by atoms with Gasteiger partial charge in [-0.2, -0.15) is 0 Å². The van der Waals surface area contributed by atoms with Gasteiger partial charge in [0.25, 0.3) is 0 Å². The largest absolute Gasteiger partial charge is 0.871 e. The van der Waals surface area contributed by atoms with Crippen molar-refractivity contribution in [1.82, 2.24) is 0 Å². The van der Waals surface area contributed by atoms with Gasteiger partial charge >= 0.3 is 5.97 Å². The van der Waals surface area contributed by atoms with E-state index in [4.69, 9.17) is 4.74 Å². The lowest BCUT2D eigenvalue weighted by molar-refractivity contribution is -0.828. The molecule has 6 heteroatoms. The zero-order valence-electron chi connectivity index (χ0n) is 23.1. The van der Waals surface area contributed by atoms with Crippen LogP contribution >= 0.6 is 0 Å². The number of rotatable bonds is 4. The van der Waals surface area contributed by atoms with Crippen molar-refractivity contribution in [2.75, 3.05) is 19.0 Å². The molecule has 2 heterocycles. The summed E-state index contributed by atoms with van der Waals surface area (Å²) in [5, 5.41) is 13.3. The average Bonchev–Trinajstić information content (AvgIpc) is 3.18. The molecule has 2 aromatic carbocycles. The smallest absolute Gasteiger partial charge is 0.338 e. The second-order valence-electron chi connectivity index (χ2n) is 11.6. The maximum Gasteiger partial charge on any atom is 0.338 e. The molecule has 2 atom stereocenters. The highest BCUT2D eigenvalue weighted by Gasteiger charge is 2.47. The predicted molar refractivity (Wildman–Crippen MR) is 146 cm³/mol. The fourth-order valence-electron chi connectivity index (χ4n) is 6.15. The van der Waals surface area contributed by atoms with E-state index in [0.717, 1.165) is 16.9 Å². The summed E-state index contributed by atoms with van der Waals surface area (Å²) in [5.74, 6) is -0.469. The van der Waals surface area contributed by atoms with Crippen LogP contribution in [0, 0.1) is 0 Å². The van der Waals surface area contributed by atoms with E-state index < -0.39 is 11.4 Å². The molecule has 1 aliphatic carbocycles. The first kappa shape index (κ1) is 25.7. The number of ketones is 1. The minimum atomic E-state index is -0.512. The highest BCUT2D eigenvalue weighted by atomic mass is 16.5. The predicted octanol–water partition coefficient (Wildman–Crippen LogP) is 3.41. The average molecular weight is 511 g/mol. The minimum Gasteiger partial charge on any atom is -0.871 e. The molecule has 2 aromatic rings. The van der Waals surface area contributed by atoms with Crippen LogP contribution in [0.4, 0.5) is 11.4 Å². The lowest BCUT2D eigenvalue weighted by Crippen LogP contribution is -3.07. The Bertz CT molecular complexity index is 1510. The van der Waals surface area contributed by atoms with Gasteiger partial charge in [0.05, 0.1) is 12.5 Å². The van der Waals surface area contributed by atoms with Crippen LogP contribution in [0.25, 0.3) is 0 Å². The Morgan fingerprint density at radius 3 is 2.45 bits per heavy atom. The summed E-state index contributed by atoms with van der Waals surface area (Å²) in [5.41, 5.74) is 5.24. The molecule has 1 N–H and O–H groups in total. The molecule has 2 unspecified atom stereocenters. The molecule has 0 bridgehead atoms. The van der Waals surface area contributed by atoms with Crippen molar-refractivity contribution in [3.63, 3.8) is 0 Å². The number of allylic oxidation sites excluding steroid dienone is 4. The van der Waals surface area contributed by atoms with Crippen LogP contribution in [-0.4, -0.2) is 31.9 Å². The van der Waals surface area contributed by atoms with Crippen LogP contribution in [0.15, 0.2) is 89.4 Å². The minimum absolute atomic E-state index is 0.0211. The summed E-state index contributed by atoms with van der Waals surface area (Å²) < 4.78 is 5.44. The number of carbonyl (C=O) groups excluding carboxylic acids is 2. The number of fused-ring (bicyclic) bond motifs is 2. The number of nitrogens with one attached hydrogen (secondary N) is 1. The molecule has 0 saturated heterocycles. The molecule has 6 nitrogen and oxygen atoms in total. The van der Waals surface area contributed by atoms with Gasteiger partial charge in [0.15, 0.2) is 5.78 Å². The summed E-state index contributed by atoms with van der Waals surface area (Å²) in [4.78, 5) is 28.5. The quantitative estimate of drug-likeness (QED) is 0.388. The van der Waals surface area contributed by atoms with Gasteiger partial charge < -0.3 is 14.7 Å². The van der Waals surface area contributed by atoms with E-state index in [-0.39, 0.29) is 34.1 Å². The second kappa shape index (κ2) is 8.57. The molecule has 0 fully saturated rings. The van der Waals surface area contributed by atoms with Gasteiger partial charge in [-0.1, -0.05) is 44.4 Å². The molecular formula is C32H34N2O4. The lowest BCUT2D eigenvalue weighted by Gasteiger charge is -2.34. The van der Waals surface area contributed by atoms with E-state index in [9.17, 15) is 14.7 Å². The van der Waals surface area contributed by atoms with E-state index >= 15 is 0 Å². The van der Waals surface area contributed by atoms with Crippen molar-refractivity contribution in [1.29, 1.82) is 0 Å². The third-order valence-electron chi connectivity index (χ3n) is 8.45. The molecule has 196 valence electrons. The van der Waals surface area contributed by atoms with E-state index in [1.165, 1.54) is 16.2 Å². The van der Waals surface area contributed by atoms with Crippen molar-refractivity contribution in [3.05, 3.63) is 100 Å². The normalized spacial score (nSPS) is 24.9. The van der Waals surface area contributed by atoms with Gasteiger partial charge in [0.2, 0.25) is 0 Å². The number of likely N-dealkylation sites (N-methyl/N-ethyl adjacent to an activating group) is 2. The van der Waals surface area contributed by atoms with Crippen LogP contribution in [-0.2, 0) is 20.4 Å². The highest BCUT2D eigenvalue weighted by molar-refractivity contribution is 6.20. The number of carbonyl (C=O) groups is 2. The third-order valence-corrected chi connectivity index (χ3v) is 8.45. The maximum absolute atomic E-state index is 13.3. The number of Topliss-reactive ketones (excluding diaryl/α,β-unsaturated/α-hetero) is 1. The summed E-state index contributed by atoms with van der Waals surface area (Å²) >= 11 is 0. The van der Waals surface area contributed by atoms with Gasteiger partial charge in [0.1, 0.15) is 17.5 Å². The summed E-state index contributed by atoms with van der Waals surface area (Å²) in [6, 6.07) is 13.7. The number of anilines is 1. The second-order valence-corrected chi connectivity index (χ2v) is 11.6. The summed E-state index contributed by atoms with van der Waals surface area (Å²) in [7, 11) is 4.01. The Balaban J connectivity index is 1.47. The number of para-hydroxylation sites is 1. The first-order valence-corrected chi connectivity index (χ1v) is 12.9. The van der Waals surface area contributed by atoms with Crippen molar-refractivity contribution >= 4 is 23.1 Å². The number of benzene rings is 2. The lowest BCUT2D eigenvalue weighted by atomic mass is 9.76. The van der Waals surface area contributed by atoms with Crippen LogP contribution in [0.5, 0.6) is 5.75 Å². The Labute approximate surface area is 224 Å². The Morgan fingerprint density at radius 2 is 1.82 bits per heavy atom. The van der Waals surface area contributed by atoms with E-state index in [1.807, 2.05) is 56.1 Å². The first-order valence-electron chi connectivity index (χ1n) is 12.9. The number of hydrogen-bond acceptors (Lipinski definition) is 5. The zero-order chi connectivity index (χ0) is 27.7. The van der Waals surface area contributed by atoms with Crippen molar-refractivity contribution < 1.29 is 24.3 Å². The molecule has 2 aliphatic heterocycles. The molecule has 0 spiro atoms. The van der Waals surface area contributed by atoms with E-state index in [2.05, 4.69) is 39.6 Å². The first-order chi connectivity index (χ1) is 17.8. The third kappa shape index (κ3) is 3.66. The SMILES string of the molecule is C=C(C)C(=O)Oc1ccc2c(c1)C(C)(C)C(=CC1=C([O-])C(=CC3[NH+](C)c4ccccc4C3(C)C)C1=O)N2C. The fraction of sp³-hybridized carbons (Fsp3) is 0.312.